The minimum atomic E-state index is -1.22. The summed E-state index contributed by atoms with van der Waals surface area (Å²) < 4.78 is 0. The zero-order valence-corrected chi connectivity index (χ0v) is 19.6. The van der Waals surface area contributed by atoms with Crippen molar-refractivity contribution in [2.75, 3.05) is 18.1 Å². The van der Waals surface area contributed by atoms with E-state index in [0.717, 1.165) is 0 Å². The third-order valence-electron chi connectivity index (χ3n) is 4.65. The Bertz CT molecular complexity index is 1240. The van der Waals surface area contributed by atoms with Gasteiger partial charge in [0.05, 0.1) is 18.4 Å². The summed E-state index contributed by atoms with van der Waals surface area (Å²) in [5, 5.41) is 17.2. The smallest absolute Gasteiger partial charge is 0.326 e. The highest BCUT2D eigenvalue weighted by molar-refractivity contribution is 5.97. The molecule has 1 aromatic carbocycles. The Balaban J connectivity index is 0.00000210. The van der Waals surface area contributed by atoms with E-state index in [0.29, 0.717) is 11.4 Å². The van der Waals surface area contributed by atoms with Crippen LogP contribution in [-0.2, 0) is 16.1 Å². The summed E-state index contributed by atoms with van der Waals surface area (Å²) in [7, 11) is 1.45. The lowest BCUT2D eigenvalue weighted by Crippen LogP contribution is -2.41. The second-order valence-electron chi connectivity index (χ2n) is 6.99. The number of benzene rings is 1. The van der Waals surface area contributed by atoms with Gasteiger partial charge in [-0.25, -0.2) is 14.8 Å². The van der Waals surface area contributed by atoms with Gasteiger partial charge in [0.1, 0.15) is 6.04 Å². The monoisotopic (exact) mass is 484 g/mol. The Morgan fingerprint density at radius 3 is 2.46 bits per heavy atom. The molecule has 1 atom stereocenters. The maximum absolute atomic E-state index is 12.4. The molecular weight excluding hydrogens is 456 g/mol. The van der Waals surface area contributed by atoms with Crippen molar-refractivity contribution in [3.63, 3.8) is 0 Å². The highest BCUT2D eigenvalue weighted by Gasteiger charge is 2.21. The van der Waals surface area contributed by atoms with Gasteiger partial charge in [-0.15, -0.1) is 0 Å². The van der Waals surface area contributed by atoms with Crippen LogP contribution in [0.3, 0.4) is 0 Å². The van der Waals surface area contributed by atoms with Crippen LogP contribution in [0, 0.1) is 0 Å². The Hall–Kier alpha value is -4.55. The SMILES string of the molecule is CC.CNC(=O)CCC(NC(=O)c1ccc(NCc2cnc3nc(N)[nH]c(=O)c3n2)cc1)C(=O)O. The molecule has 0 radical (unpaired) electrons. The first-order valence-electron chi connectivity index (χ1n) is 10.9. The lowest BCUT2D eigenvalue weighted by atomic mass is 10.1. The first-order chi connectivity index (χ1) is 16.8. The zero-order valence-electron chi connectivity index (χ0n) is 19.6. The van der Waals surface area contributed by atoms with E-state index in [1.807, 2.05) is 13.8 Å². The van der Waals surface area contributed by atoms with Crippen LogP contribution in [-0.4, -0.2) is 55.9 Å². The molecule has 2 heterocycles. The van der Waals surface area contributed by atoms with Gasteiger partial charge in [0.25, 0.3) is 11.5 Å². The summed E-state index contributed by atoms with van der Waals surface area (Å²) in [6, 6.07) is 5.14. The van der Waals surface area contributed by atoms with Crippen molar-refractivity contribution in [1.82, 2.24) is 30.6 Å². The number of aliphatic carboxylic acids is 1. The molecular formula is C22H28N8O5. The number of carbonyl (C=O) groups excluding carboxylic acids is 2. The standard InChI is InChI=1S/C20H22N8O5.C2H6/c1-22-14(29)7-6-13(19(32)33)26-17(30)10-2-4-11(5-3-10)23-8-12-9-24-16-15(25-12)18(31)28-20(21)27-16;1-2/h2-5,9,13,23H,6-8H2,1H3,(H,22,29)(H,26,30)(H,32,33)(H3,21,24,27,28,31);1-2H3. The van der Waals surface area contributed by atoms with E-state index in [1.54, 1.807) is 12.1 Å². The number of H-pyrrole nitrogens is 1. The summed E-state index contributed by atoms with van der Waals surface area (Å²) in [5.74, 6) is -2.15. The Kier molecular flexibility index (Phi) is 9.63. The highest BCUT2D eigenvalue weighted by Crippen LogP contribution is 2.12. The number of nitrogens with zero attached hydrogens (tertiary/aromatic N) is 3. The molecule has 0 aliphatic rings. The van der Waals surface area contributed by atoms with Gasteiger partial charge >= 0.3 is 5.97 Å². The largest absolute Gasteiger partial charge is 0.480 e. The van der Waals surface area contributed by atoms with E-state index in [9.17, 15) is 24.3 Å². The predicted octanol–water partition coefficient (Wildman–Crippen LogP) is 0.643. The molecule has 2 amide bonds. The van der Waals surface area contributed by atoms with Crippen molar-refractivity contribution in [2.45, 2.75) is 39.3 Å². The minimum Gasteiger partial charge on any atom is -0.480 e. The minimum absolute atomic E-state index is 0.0242. The molecule has 0 bridgehead atoms. The number of carboxylic acid groups (broad SMARTS) is 1. The van der Waals surface area contributed by atoms with E-state index in [-0.39, 0.29) is 48.0 Å². The first kappa shape index (κ1) is 26.7. The number of nitrogens with one attached hydrogen (secondary N) is 4. The van der Waals surface area contributed by atoms with E-state index >= 15 is 0 Å². The third kappa shape index (κ3) is 7.48. The van der Waals surface area contributed by atoms with Crippen molar-refractivity contribution < 1.29 is 19.5 Å². The number of hydrogen-bond acceptors (Lipinski definition) is 9. The van der Waals surface area contributed by atoms with Gasteiger partial charge in [0.2, 0.25) is 11.9 Å². The van der Waals surface area contributed by atoms with Gasteiger partial charge in [-0.2, -0.15) is 4.98 Å². The quantitative estimate of drug-likeness (QED) is 0.250. The van der Waals surface area contributed by atoms with Gasteiger partial charge < -0.3 is 26.8 Å². The van der Waals surface area contributed by atoms with E-state index in [2.05, 4.69) is 35.9 Å². The van der Waals surface area contributed by atoms with Crippen LogP contribution < -0.4 is 27.2 Å². The average Bonchev–Trinajstić information content (AvgIpc) is 2.86. The van der Waals surface area contributed by atoms with Crippen LogP contribution in [0.5, 0.6) is 0 Å². The molecule has 0 spiro atoms. The maximum Gasteiger partial charge on any atom is 0.326 e. The first-order valence-corrected chi connectivity index (χ1v) is 10.9. The molecule has 35 heavy (non-hydrogen) atoms. The van der Waals surface area contributed by atoms with Gasteiger partial charge in [-0.1, -0.05) is 13.8 Å². The summed E-state index contributed by atoms with van der Waals surface area (Å²) in [6.07, 6.45) is 1.41. The van der Waals surface area contributed by atoms with Crippen molar-refractivity contribution in [2.24, 2.45) is 0 Å². The number of rotatable bonds is 9. The van der Waals surface area contributed by atoms with Crippen LogP contribution in [0.15, 0.2) is 35.3 Å². The lowest BCUT2D eigenvalue weighted by molar-refractivity contribution is -0.139. The van der Waals surface area contributed by atoms with Crippen LogP contribution in [0.2, 0.25) is 0 Å². The van der Waals surface area contributed by atoms with Gasteiger partial charge in [0, 0.05) is 24.7 Å². The van der Waals surface area contributed by atoms with Gasteiger partial charge in [-0.05, 0) is 30.7 Å². The van der Waals surface area contributed by atoms with Gasteiger partial charge in [0.15, 0.2) is 11.2 Å². The van der Waals surface area contributed by atoms with E-state index in [4.69, 9.17) is 5.73 Å². The number of carboxylic acids is 1. The van der Waals surface area contributed by atoms with Crippen LogP contribution in [0.4, 0.5) is 11.6 Å². The number of amides is 2. The molecule has 2 aromatic heterocycles. The van der Waals surface area contributed by atoms with E-state index < -0.39 is 23.5 Å². The molecule has 0 saturated carbocycles. The molecule has 13 heteroatoms. The lowest BCUT2D eigenvalue weighted by Gasteiger charge is -2.14. The molecule has 0 aliphatic carbocycles. The molecule has 186 valence electrons. The molecule has 0 aliphatic heterocycles. The van der Waals surface area contributed by atoms with Crippen molar-refractivity contribution in [3.8, 4) is 0 Å². The summed E-state index contributed by atoms with van der Waals surface area (Å²) in [5.41, 5.74) is 6.61. The van der Waals surface area contributed by atoms with Crippen molar-refractivity contribution >= 4 is 40.6 Å². The van der Waals surface area contributed by atoms with Crippen molar-refractivity contribution in [3.05, 3.63) is 52.1 Å². The number of nitrogens with two attached hydrogens (primary N) is 1. The maximum atomic E-state index is 12.4. The number of nitrogen functional groups attached to an aromatic ring is 1. The number of aromatic amines is 1. The number of carbonyl (C=O) groups is 3. The fourth-order valence-corrected chi connectivity index (χ4v) is 2.89. The van der Waals surface area contributed by atoms with Crippen LogP contribution >= 0.6 is 0 Å². The summed E-state index contributed by atoms with van der Waals surface area (Å²) in [6.45, 7) is 4.25. The summed E-state index contributed by atoms with van der Waals surface area (Å²) >= 11 is 0. The number of hydrogen-bond donors (Lipinski definition) is 6. The number of anilines is 2. The topological polar surface area (TPSA) is 205 Å². The average molecular weight is 485 g/mol. The van der Waals surface area contributed by atoms with Crippen LogP contribution in [0.1, 0.15) is 42.7 Å². The van der Waals surface area contributed by atoms with Gasteiger partial charge in [-0.3, -0.25) is 19.4 Å². The molecule has 0 fully saturated rings. The highest BCUT2D eigenvalue weighted by atomic mass is 16.4. The van der Waals surface area contributed by atoms with E-state index in [1.165, 1.54) is 25.4 Å². The third-order valence-corrected chi connectivity index (χ3v) is 4.65. The predicted molar refractivity (Wildman–Crippen MR) is 130 cm³/mol. The number of fused-ring (bicyclic) bond motifs is 1. The molecule has 7 N–H and O–H groups in total. The Morgan fingerprint density at radius 2 is 1.83 bits per heavy atom. The summed E-state index contributed by atoms with van der Waals surface area (Å²) in [4.78, 5) is 61.6. The van der Waals surface area contributed by atoms with Crippen LogP contribution in [0.25, 0.3) is 11.2 Å². The van der Waals surface area contributed by atoms with Crippen molar-refractivity contribution in [1.29, 1.82) is 0 Å². The number of aromatic nitrogens is 4. The Morgan fingerprint density at radius 1 is 1.14 bits per heavy atom. The Labute approximate surface area is 200 Å². The fraction of sp³-hybridized carbons (Fsp3) is 0.318. The molecule has 3 rings (SSSR count). The second-order valence-corrected chi connectivity index (χ2v) is 6.99. The zero-order chi connectivity index (χ0) is 26.0. The normalized spacial score (nSPS) is 11.1. The second kappa shape index (κ2) is 12.6. The molecule has 13 nitrogen and oxygen atoms in total. The molecule has 3 aromatic rings. The molecule has 0 saturated heterocycles. The fourth-order valence-electron chi connectivity index (χ4n) is 2.89. The molecule has 1 unspecified atom stereocenters.